The second-order valence-electron chi connectivity index (χ2n) is 2.79. The molecule has 0 radical (unpaired) electrons. The predicted octanol–water partition coefficient (Wildman–Crippen LogP) is 4.31. The molecule has 0 aromatic rings. The molecule has 0 unspecified atom stereocenters. The first-order valence-electron chi connectivity index (χ1n) is 4.36. The third kappa shape index (κ3) is 11.4. The molecule has 0 aliphatic rings. The van der Waals surface area contributed by atoms with Gasteiger partial charge in [0.25, 0.3) is 0 Å². The summed E-state index contributed by atoms with van der Waals surface area (Å²) in [7, 11) is 11.5. The Hall–Kier alpha value is 1.40. The van der Waals surface area contributed by atoms with E-state index in [4.69, 9.17) is 17.7 Å². The summed E-state index contributed by atoms with van der Waals surface area (Å²) in [4.78, 5) is 0. The van der Waals surface area contributed by atoms with Crippen LogP contribution in [0.4, 0.5) is 0 Å². The molecule has 0 bridgehead atoms. The van der Waals surface area contributed by atoms with Gasteiger partial charge in [-0.05, 0) is 0 Å². The summed E-state index contributed by atoms with van der Waals surface area (Å²) >= 11 is -1.65. The normalized spacial score (nSPS) is 10.9. The molecule has 0 saturated carbocycles. The van der Waals surface area contributed by atoms with Crippen LogP contribution in [0.15, 0.2) is 0 Å². The van der Waals surface area contributed by atoms with Gasteiger partial charge in [-0.25, -0.2) is 0 Å². The molecule has 0 heterocycles. The Balaban J connectivity index is 2.80. The first-order valence-corrected chi connectivity index (χ1v) is 12.6. The molecule has 0 fully saturated rings. The van der Waals surface area contributed by atoms with E-state index in [2.05, 4.69) is 6.92 Å². The fraction of sp³-hybridized carbons (Fsp3) is 1.00. The monoisotopic (exact) mass is 304 g/mol. The van der Waals surface area contributed by atoms with E-state index in [1.807, 2.05) is 0 Å². The Morgan fingerprint density at radius 3 is 2.00 bits per heavy atom. The van der Waals surface area contributed by atoms with Gasteiger partial charge < -0.3 is 0 Å². The molecule has 0 aromatic heterocycles. The average molecular weight is 306 g/mol. The van der Waals surface area contributed by atoms with E-state index in [1.165, 1.54) is 38.5 Å². The van der Waals surface area contributed by atoms with Crippen LogP contribution in [-0.2, 0) is 0 Å². The van der Waals surface area contributed by atoms with Crippen LogP contribution in [0.1, 0.15) is 45.4 Å². The molecule has 11 heavy (non-hydrogen) atoms. The zero-order chi connectivity index (χ0) is 8.53. The van der Waals surface area contributed by atoms with E-state index >= 15 is 0 Å². The van der Waals surface area contributed by atoms with Gasteiger partial charge in [-0.3, -0.25) is 0 Å². The number of halogens is 2. The molecular weight excluding hydrogens is 289 g/mol. The van der Waals surface area contributed by atoms with Crippen LogP contribution < -0.4 is 0 Å². The third-order valence-corrected chi connectivity index (χ3v) is 5.82. The number of hydrogen-bond donors (Lipinski definition) is 0. The van der Waals surface area contributed by atoms with Crippen molar-refractivity contribution in [3.05, 3.63) is 0 Å². The minimum absolute atomic E-state index is 1.14. The molecule has 3 heteroatoms. The summed E-state index contributed by atoms with van der Waals surface area (Å²) in [5.74, 6) is 0. The van der Waals surface area contributed by atoms with Crippen molar-refractivity contribution < 1.29 is 0 Å². The SMILES string of the molecule is CCCCCCC[CH2][Sb]([Cl])[Cl]. The molecule has 0 rings (SSSR count). The molecule has 0 nitrogen and oxygen atoms in total. The Bertz CT molecular complexity index is 76.5. The van der Waals surface area contributed by atoms with Crippen LogP contribution in [-0.4, -0.2) is 17.9 Å². The van der Waals surface area contributed by atoms with Crippen LogP contribution in [0.25, 0.3) is 0 Å². The standard InChI is InChI=1S/C8H17.2ClH.Sb/c1-3-5-7-8-6-4-2;;;/h1,3-8H2,2H3;2*1H;/q;;;+2/p-2. The second-order valence-corrected chi connectivity index (χ2v) is 12.4. The summed E-state index contributed by atoms with van der Waals surface area (Å²) < 4.78 is 1.14. The van der Waals surface area contributed by atoms with Crippen molar-refractivity contribution in [2.45, 2.75) is 49.8 Å². The minimum atomic E-state index is -1.65. The van der Waals surface area contributed by atoms with Crippen LogP contribution in [0.2, 0.25) is 4.37 Å². The van der Waals surface area contributed by atoms with E-state index in [1.54, 1.807) is 0 Å². The van der Waals surface area contributed by atoms with Gasteiger partial charge in [-0.1, -0.05) is 0 Å². The van der Waals surface area contributed by atoms with Crippen LogP contribution in [0.3, 0.4) is 0 Å². The Kier molecular flexibility index (Phi) is 10.7. The van der Waals surface area contributed by atoms with Crippen molar-refractivity contribution >= 4 is 35.6 Å². The number of unbranched alkanes of at least 4 members (excludes halogenated alkanes) is 5. The Morgan fingerprint density at radius 2 is 1.45 bits per heavy atom. The second kappa shape index (κ2) is 9.49. The van der Waals surface area contributed by atoms with Gasteiger partial charge in [-0.2, -0.15) is 0 Å². The summed E-state index contributed by atoms with van der Waals surface area (Å²) in [5, 5.41) is 0. The van der Waals surface area contributed by atoms with E-state index in [0.717, 1.165) is 4.37 Å². The van der Waals surface area contributed by atoms with Crippen molar-refractivity contribution in [3.8, 4) is 0 Å². The predicted molar refractivity (Wildman–Crippen MR) is 55.6 cm³/mol. The zero-order valence-corrected chi connectivity index (χ0v) is 11.2. The molecule has 0 aromatic carbocycles. The van der Waals surface area contributed by atoms with Gasteiger partial charge in [-0.15, -0.1) is 0 Å². The van der Waals surface area contributed by atoms with Gasteiger partial charge in [0.15, 0.2) is 0 Å². The first kappa shape index (κ1) is 12.4. The molecule has 0 aliphatic heterocycles. The molecule has 0 aliphatic carbocycles. The quantitative estimate of drug-likeness (QED) is 0.485. The third-order valence-electron chi connectivity index (χ3n) is 1.68. The van der Waals surface area contributed by atoms with Crippen molar-refractivity contribution in [2.75, 3.05) is 0 Å². The van der Waals surface area contributed by atoms with E-state index in [0.29, 0.717) is 0 Å². The van der Waals surface area contributed by atoms with Crippen LogP contribution in [0.5, 0.6) is 0 Å². The van der Waals surface area contributed by atoms with E-state index < -0.39 is 17.9 Å². The molecule has 0 atom stereocenters. The molecular formula is C8H17Cl2Sb. The molecule has 0 saturated heterocycles. The fourth-order valence-electron chi connectivity index (χ4n) is 1.01. The molecule has 0 spiro atoms. The maximum atomic E-state index is 5.77. The van der Waals surface area contributed by atoms with Crippen molar-refractivity contribution in [1.82, 2.24) is 0 Å². The van der Waals surface area contributed by atoms with Crippen molar-refractivity contribution in [1.29, 1.82) is 0 Å². The summed E-state index contributed by atoms with van der Waals surface area (Å²) in [6, 6.07) is 0. The van der Waals surface area contributed by atoms with Gasteiger partial charge in [0.1, 0.15) is 0 Å². The van der Waals surface area contributed by atoms with Crippen LogP contribution in [0, 0.1) is 0 Å². The maximum absolute atomic E-state index is 5.77. The molecule has 68 valence electrons. The fourth-order valence-corrected chi connectivity index (χ4v) is 3.94. The number of hydrogen-bond acceptors (Lipinski definition) is 0. The Morgan fingerprint density at radius 1 is 0.909 bits per heavy atom. The molecule has 0 amide bonds. The van der Waals surface area contributed by atoms with Gasteiger partial charge in [0, 0.05) is 0 Å². The average Bonchev–Trinajstić information content (AvgIpc) is 1.96. The molecule has 0 N–H and O–H groups in total. The van der Waals surface area contributed by atoms with Crippen LogP contribution >= 0.6 is 17.7 Å². The van der Waals surface area contributed by atoms with E-state index in [-0.39, 0.29) is 0 Å². The summed E-state index contributed by atoms with van der Waals surface area (Å²) in [6.45, 7) is 2.24. The summed E-state index contributed by atoms with van der Waals surface area (Å²) in [5.41, 5.74) is 0. The van der Waals surface area contributed by atoms with E-state index in [9.17, 15) is 0 Å². The Labute approximate surface area is 85.0 Å². The van der Waals surface area contributed by atoms with Gasteiger partial charge in [0.05, 0.1) is 0 Å². The summed E-state index contributed by atoms with van der Waals surface area (Å²) in [6.07, 6.45) is 8.06. The van der Waals surface area contributed by atoms with Gasteiger partial charge >= 0.3 is 85.4 Å². The van der Waals surface area contributed by atoms with Crippen molar-refractivity contribution in [3.63, 3.8) is 0 Å². The van der Waals surface area contributed by atoms with Gasteiger partial charge in [0.2, 0.25) is 0 Å². The number of rotatable bonds is 7. The van der Waals surface area contributed by atoms with Crippen molar-refractivity contribution in [2.24, 2.45) is 0 Å². The topological polar surface area (TPSA) is 0 Å². The first-order chi connectivity index (χ1) is 5.27. The zero-order valence-electron chi connectivity index (χ0n) is 7.15.